The fourth-order valence-corrected chi connectivity index (χ4v) is 4.50. The number of ether oxygens (including phenoxy) is 1. The van der Waals surface area contributed by atoms with Crippen molar-refractivity contribution in [2.75, 3.05) is 13.3 Å². The van der Waals surface area contributed by atoms with Crippen molar-refractivity contribution in [2.45, 2.75) is 51.5 Å². The van der Waals surface area contributed by atoms with Crippen molar-refractivity contribution in [3.63, 3.8) is 0 Å². The van der Waals surface area contributed by atoms with Gasteiger partial charge in [0, 0.05) is 26.6 Å². The van der Waals surface area contributed by atoms with E-state index < -0.39 is 8.07 Å². The Morgan fingerprint density at radius 1 is 1.00 bits per heavy atom. The number of likely N-dealkylation sites (tertiary alicyclic amines) is 1. The minimum absolute atomic E-state index is 0.0918. The van der Waals surface area contributed by atoms with Gasteiger partial charge in [-0.15, -0.1) is 0 Å². The lowest BCUT2D eigenvalue weighted by Crippen LogP contribution is -2.37. The number of benzene rings is 2. The fraction of sp³-hybridized carbons (Fsp3) is 0.458. The Balaban J connectivity index is 1.60. The van der Waals surface area contributed by atoms with Crippen LogP contribution in [0.4, 0.5) is 0 Å². The third kappa shape index (κ3) is 5.55. The number of hydrogen-bond acceptors (Lipinski definition) is 2. The molecule has 0 N–H and O–H groups in total. The van der Waals surface area contributed by atoms with Gasteiger partial charge in [0.05, 0.1) is 0 Å². The quantitative estimate of drug-likeness (QED) is 0.440. The van der Waals surface area contributed by atoms with Gasteiger partial charge in [0.1, 0.15) is 6.73 Å². The van der Waals surface area contributed by atoms with E-state index >= 15 is 0 Å². The van der Waals surface area contributed by atoms with Crippen LogP contribution in [0, 0.1) is 5.92 Å². The summed E-state index contributed by atoms with van der Waals surface area (Å²) in [6.45, 7) is 10.3. The standard InChI is InChI=1S/C24H33NO2Si/c1-19-16-23(25(24(19)26)18-27-14-15-28(2,3)4)17-20-10-12-22(13-11-20)21-8-6-5-7-9-21/h5-13,19,23H,14-18H2,1-4H3/t19-,23+/m1/s1. The zero-order valence-corrected chi connectivity index (χ0v) is 18.7. The third-order valence-electron chi connectivity index (χ3n) is 5.53. The Hall–Kier alpha value is -1.91. The highest BCUT2D eigenvalue weighted by molar-refractivity contribution is 6.76. The van der Waals surface area contributed by atoms with Crippen LogP contribution in [-0.4, -0.2) is 38.3 Å². The van der Waals surface area contributed by atoms with E-state index in [4.69, 9.17) is 4.74 Å². The fourth-order valence-electron chi connectivity index (χ4n) is 3.74. The maximum atomic E-state index is 12.6. The van der Waals surface area contributed by atoms with E-state index in [0.717, 1.165) is 25.5 Å². The van der Waals surface area contributed by atoms with E-state index in [-0.39, 0.29) is 17.9 Å². The molecule has 0 spiro atoms. The largest absolute Gasteiger partial charge is 0.361 e. The number of amides is 1. The van der Waals surface area contributed by atoms with Gasteiger partial charge in [-0.3, -0.25) is 4.79 Å². The van der Waals surface area contributed by atoms with Crippen molar-refractivity contribution < 1.29 is 9.53 Å². The van der Waals surface area contributed by atoms with Gasteiger partial charge in [0.25, 0.3) is 0 Å². The summed E-state index contributed by atoms with van der Waals surface area (Å²) in [5, 5.41) is 0. The SMILES string of the molecule is C[C@@H]1C[C@@H](Cc2ccc(-c3ccccc3)cc2)N(COCC[Si](C)(C)C)C1=O. The Morgan fingerprint density at radius 3 is 2.29 bits per heavy atom. The molecule has 0 aliphatic carbocycles. The molecule has 3 rings (SSSR count). The van der Waals surface area contributed by atoms with Crippen LogP contribution in [0.25, 0.3) is 11.1 Å². The van der Waals surface area contributed by atoms with Crippen LogP contribution in [0.5, 0.6) is 0 Å². The van der Waals surface area contributed by atoms with Gasteiger partial charge in [-0.25, -0.2) is 0 Å². The number of hydrogen-bond donors (Lipinski definition) is 0. The number of rotatable bonds is 8. The second-order valence-corrected chi connectivity index (χ2v) is 14.8. The Kier molecular flexibility index (Phi) is 6.73. The van der Waals surface area contributed by atoms with Gasteiger partial charge < -0.3 is 9.64 Å². The minimum Gasteiger partial charge on any atom is -0.361 e. The van der Waals surface area contributed by atoms with E-state index in [1.54, 1.807) is 0 Å². The summed E-state index contributed by atoms with van der Waals surface area (Å²) < 4.78 is 5.90. The van der Waals surface area contributed by atoms with E-state index in [1.807, 2.05) is 17.9 Å². The first kappa shape index (κ1) is 20.8. The highest BCUT2D eigenvalue weighted by Gasteiger charge is 2.36. The molecule has 0 unspecified atom stereocenters. The molecule has 0 radical (unpaired) electrons. The van der Waals surface area contributed by atoms with Crippen molar-refractivity contribution in [3.05, 3.63) is 60.2 Å². The molecule has 1 fully saturated rings. The smallest absolute Gasteiger partial charge is 0.227 e. The minimum atomic E-state index is -1.10. The molecule has 1 amide bonds. The van der Waals surface area contributed by atoms with Crippen molar-refractivity contribution in [1.29, 1.82) is 0 Å². The molecule has 3 nitrogen and oxygen atoms in total. The molecule has 2 aromatic carbocycles. The molecule has 1 saturated heterocycles. The normalized spacial score (nSPS) is 20.0. The number of nitrogens with zero attached hydrogens (tertiary/aromatic N) is 1. The zero-order chi connectivity index (χ0) is 20.1. The molecular weight excluding hydrogens is 362 g/mol. The monoisotopic (exact) mass is 395 g/mol. The van der Waals surface area contributed by atoms with Crippen LogP contribution < -0.4 is 0 Å². The molecule has 2 atom stereocenters. The Labute approximate surface area is 170 Å². The maximum Gasteiger partial charge on any atom is 0.227 e. The van der Waals surface area contributed by atoms with Crippen molar-refractivity contribution in [2.24, 2.45) is 5.92 Å². The summed E-state index contributed by atoms with van der Waals surface area (Å²) >= 11 is 0. The molecule has 0 aromatic heterocycles. The summed E-state index contributed by atoms with van der Waals surface area (Å²) in [5.74, 6) is 0.327. The summed E-state index contributed by atoms with van der Waals surface area (Å²) in [7, 11) is -1.10. The van der Waals surface area contributed by atoms with E-state index in [0.29, 0.717) is 6.73 Å². The van der Waals surface area contributed by atoms with Crippen molar-refractivity contribution >= 4 is 14.0 Å². The molecule has 1 aliphatic rings. The van der Waals surface area contributed by atoms with Crippen LogP contribution in [0.3, 0.4) is 0 Å². The summed E-state index contributed by atoms with van der Waals surface area (Å²) in [5.41, 5.74) is 3.74. The van der Waals surface area contributed by atoms with Crippen LogP contribution in [-0.2, 0) is 16.0 Å². The highest BCUT2D eigenvalue weighted by Crippen LogP contribution is 2.28. The van der Waals surface area contributed by atoms with Crippen LogP contribution in [0.2, 0.25) is 25.7 Å². The van der Waals surface area contributed by atoms with Crippen LogP contribution in [0.1, 0.15) is 18.9 Å². The predicted molar refractivity (Wildman–Crippen MR) is 119 cm³/mol. The van der Waals surface area contributed by atoms with Gasteiger partial charge >= 0.3 is 0 Å². The summed E-state index contributed by atoms with van der Waals surface area (Å²) in [4.78, 5) is 14.5. The number of carbonyl (C=O) groups is 1. The van der Waals surface area contributed by atoms with Gasteiger partial charge in [0.2, 0.25) is 5.91 Å². The second kappa shape index (κ2) is 9.06. The van der Waals surface area contributed by atoms with E-state index in [2.05, 4.69) is 68.2 Å². The van der Waals surface area contributed by atoms with Gasteiger partial charge in [-0.1, -0.05) is 81.2 Å². The molecule has 0 bridgehead atoms. The lowest BCUT2D eigenvalue weighted by molar-refractivity contribution is -0.136. The van der Waals surface area contributed by atoms with E-state index in [1.165, 1.54) is 16.7 Å². The highest BCUT2D eigenvalue weighted by atomic mass is 28.3. The Bertz CT molecular complexity index is 767. The lowest BCUT2D eigenvalue weighted by Gasteiger charge is -2.25. The van der Waals surface area contributed by atoms with Gasteiger partial charge in [-0.2, -0.15) is 0 Å². The lowest BCUT2D eigenvalue weighted by atomic mass is 9.98. The summed E-state index contributed by atoms with van der Waals surface area (Å²) in [6.07, 6.45) is 1.80. The third-order valence-corrected chi connectivity index (χ3v) is 7.23. The maximum absolute atomic E-state index is 12.6. The first-order valence-corrected chi connectivity index (χ1v) is 14.1. The molecule has 4 heteroatoms. The van der Waals surface area contributed by atoms with Gasteiger partial charge in [0.15, 0.2) is 0 Å². The molecule has 28 heavy (non-hydrogen) atoms. The van der Waals surface area contributed by atoms with E-state index in [9.17, 15) is 4.79 Å². The van der Waals surface area contributed by atoms with Crippen molar-refractivity contribution in [3.8, 4) is 11.1 Å². The molecule has 150 valence electrons. The first-order chi connectivity index (χ1) is 13.3. The Morgan fingerprint density at radius 2 is 1.64 bits per heavy atom. The molecular formula is C24H33NO2Si. The van der Waals surface area contributed by atoms with Crippen molar-refractivity contribution in [1.82, 2.24) is 4.90 Å². The topological polar surface area (TPSA) is 29.5 Å². The van der Waals surface area contributed by atoms with Gasteiger partial charge in [-0.05, 0) is 35.6 Å². The molecule has 1 heterocycles. The van der Waals surface area contributed by atoms with Crippen LogP contribution >= 0.6 is 0 Å². The first-order valence-electron chi connectivity index (χ1n) is 10.4. The predicted octanol–water partition coefficient (Wildman–Crippen LogP) is 5.45. The zero-order valence-electron chi connectivity index (χ0n) is 17.7. The molecule has 0 saturated carbocycles. The van der Waals surface area contributed by atoms with Crippen LogP contribution in [0.15, 0.2) is 54.6 Å². The average Bonchev–Trinajstić information content (AvgIpc) is 2.93. The molecule has 2 aromatic rings. The number of carbonyl (C=O) groups excluding carboxylic acids is 1. The molecule has 1 aliphatic heterocycles. The average molecular weight is 396 g/mol. The summed E-state index contributed by atoms with van der Waals surface area (Å²) in [6, 6.07) is 20.5. The second-order valence-electron chi connectivity index (χ2n) is 9.21.